The zero-order chi connectivity index (χ0) is 24.9. The van der Waals surface area contributed by atoms with Gasteiger partial charge in [-0.05, 0) is 67.4 Å². The van der Waals surface area contributed by atoms with Gasteiger partial charge >= 0.3 is 0 Å². The fourth-order valence-electron chi connectivity index (χ4n) is 5.21. The summed E-state index contributed by atoms with van der Waals surface area (Å²) in [5, 5.41) is 6.62. The van der Waals surface area contributed by atoms with Gasteiger partial charge in [-0.3, -0.25) is 0 Å². The summed E-state index contributed by atoms with van der Waals surface area (Å²) in [6.07, 6.45) is 8.69. The Labute approximate surface area is 206 Å². The number of nitrogens with one attached hydrogen (secondary N) is 2. The molecular weight excluding hydrogens is 423 g/mol. The van der Waals surface area contributed by atoms with Crippen LogP contribution in [0, 0.1) is 11.7 Å². The molecule has 0 aliphatic carbocycles. The van der Waals surface area contributed by atoms with E-state index in [1.165, 1.54) is 22.9 Å². The number of likely N-dealkylation sites (tertiary alicyclic amines) is 2. The van der Waals surface area contributed by atoms with Gasteiger partial charge in [0.15, 0.2) is 0 Å². The summed E-state index contributed by atoms with van der Waals surface area (Å²) >= 11 is 0. The Morgan fingerprint density at radius 1 is 1.26 bits per heavy atom. The van der Waals surface area contributed by atoms with Crippen molar-refractivity contribution in [3.05, 3.63) is 77.6 Å². The first-order valence-electron chi connectivity index (χ1n) is 12.7. The molecule has 0 amide bonds. The number of likely N-dealkylation sites (N-methyl/N-ethyl adjacent to an activating group) is 1. The first-order chi connectivity index (χ1) is 16.2. The number of nitrogens with zero attached hydrogens (tertiary/aromatic N) is 2. The van der Waals surface area contributed by atoms with Gasteiger partial charge in [0.25, 0.3) is 0 Å². The summed E-state index contributed by atoms with van der Waals surface area (Å²) in [5.74, 6) is 1.23. The highest BCUT2D eigenvalue weighted by Gasteiger charge is 2.43. The third-order valence-corrected chi connectivity index (χ3v) is 7.21. The Hall–Kier alpha value is -2.69. The van der Waals surface area contributed by atoms with Crippen molar-refractivity contribution in [1.29, 1.82) is 0 Å². The van der Waals surface area contributed by atoms with Crippen LogP contribution in [0.15, 0.2) is 66.2 Å². The SMILES string of the molecule is C=C1CC2(CCN(C(=C)NCc3ccc(F)c(NCCC)c3)CC2)N(C)C(=C/C)/C1=C\C(C)C. The highest BCUT2D eigenvalue weighted by Crippen LogP contribution is 2.45. The van der Waals surface area contributed by atoms with Crippen molar-refractivity contribution < 1.29 is 4.39 Å². The van der Waals surface area contributed by atoms with Crippen molar-refractivity contribution in [2.75, 3.05) is 32.0 Å². The first kappa shape index (κ1) is 25.9. The molecule has 186 valence electrons. The van der Waals surface area contributed by atoms with Gasteiger partial charge in [0, 0.05) is 44.5 Å². The number of benzene rings is 1. The quantitative estimate of drug-likeness (QED) is 0.463. The third kappa shape index (κ3) is 5.68. The summed E-state index contributed by atoms with van der Waals surface area (Å²) in [5.41, 5.74) is 5.60. The normalized spacial score (nSPS) is 20.5. The number of piperidine rings is 2. The summed E-state index contributed by atoms with van der Waals surface area (Å²) in [6, 6.07) is 5.26. The summed E-state index contributed by atoms with van der Waals surface area (Å²) in [6.45, 7) is 20.7. The zero-order valence-corrected chi connectivity index (χ0v) is 21.8. The molecule has 2 saturated heterocycles. The van der Waals surface area contributed by atoms with Gasteiger partial charge in [-0.15, -0.1) is 0 Å². The van der Waals surface area contributed by atoms with Crippen LogP contribution in [0.3, 0.4) is 0 Å². The van der Waals surface area contributed by atoms with E-state index in [9.17, 15) is 4.39 Å². The predicted molar refractivity (Wildman–Crippen MR) is 143 cm³/mol. The summed E-state index contributed by atoms with van der Waals surface area (Å²) in [7, 11) is 2.25. The van der Waals surface area contributed by atoms with Crippen LogP contribution >= 0.6 is 0 Å². The van der Waals surface area contributed by atoms with Gasteiger partial charge in [-0.2, -0.15) is 0 Å². The second kappa shape index (κ2) is 11.2. The van der Waals surface area contributed by atoms with Crippen LogP contribution in [0.4, 0.5) is 10.1 Å². The smallest absolute Gasteiger partial charge is 0.146 e. The number of allylic oxidation sites excluding steroid dienone is 3. The number of rotatable bonds is 8. The standard InChI is InChI=1S/C29H43FN4/c1-8-14-31-27-18-24(10-11-26(27)30)20-32-23(6)34-15-12-29(13-16-34)19-22(5)25(17-21(3)4)28(9-2)33(29)7/h9-11,17-18,21,31-32H,5-6,8,12-16,19-20H2,1-4,7H3/b25-17-,28-9+. The number of hydrogen-bond donors (Lipinski definition) is 2. The maximum atomic E-state index is 14.0. The van der Waals surface area contributed by atoms with Crippen LogP contribution in [0.2, 0.25) is 0 Å². The van der Waals surface area contributed by atoms with Crippen LogP contribution in [0.1, 0.15) is 58.9 Å². The van der Waals surface area contributed by atoms with Crippen molar-refractivity contribution in [3.8, 4) is 0 Å². The van der Waals surface area contributed by atoms with Crippen molar-refractivity contribution in [2.24, 2.45) is 5.92 Å². The molecule has 0 atom stereocenters. The van der Waals surface area contributed by atoms with E-state index in [1.807, 2.05) is 12.1 Å². The largest absolute Gasteiger partial charge is 0.383 e. The molecule has 5 heteroatoms. The molecule has 3 rings (SSSR count). The van der Waals surface area contributed by atoms with Gasteiger partial charge in [-0.1, -0.05) is 52.1 Å². The Morgan fingerprint density at radius 2 is 1.97 bits per heavy atom. The fraction of sp³-hybridized carbons (Fsp3) is 0.517. The molecule has 0 bridgehead atoms. The number of anilines is 1. The fourth-order valence-corrected chi connectivity index (χ4v) is 5.21. The molecule has 0 unspecified atom stereocenters. The zero-order valence-electron chi connectivity index (χ0n) is 21.8. The lowest BCUT2D eigenvalue weighted by atomic mass is 9.74. The van der Waals surface area contributed by atoms with Crippen LogP contribution in [-0.4, -0.2) is 42.0 Å². The van der Waals surface area contributed by atoms with E-state index in [0.29, 0.717) is 18.2 Å². The second-order valence-electron chi connectivity index (χ2n) is 10.1. The number of hydrogen-bond acceptors (Lipinski definition) is 4. The lowest BCUT2D eigenvalue weighted by Gasteiger charge is -2.53. The van der Waals surface area contributed by atoms with Gasteiger partial charge in [0.2, 0.25) is 0 Å². The molecule has 0 saturated carbocycles. The molecule has 2 aliphatic rings. The molecule has 2 aliphatic heterocycles. The van der Waals surface area contributed by atoms with Crippen LogP contribution in [0.5, 0.6) is 0 Å². The van der Waals surface area contributed by atoms with E-state index in [0.717, 1.165) is 56.7 Å². The van der Waals surface area contributed by atoms with Crippen LogP contribution < -0.4 is 10.6 Å². The predicted octanol–water partition coefficient (Wildman–Crippen LogP) is 6.42. The van der Waals surface area contributed by atoms with Crippen molar-refractivity contribution in [3.63, 3.8) is 0 Å². The molecule has 34 heavy (non-hydrogen) atoms. The maximum absolute atomic E-state index is 14.0. The topological polar surface area (TPSA) is 30.5 Å². The van der Waals surface area contributed by atoms with E-state index in [-0.39, 0.29) is 11.4 Å². The lowest BCUT2D eigenvalue weighted by Crippen LogP contribution is -2.56. The minimum atomic E-state index is -0.206. The first-order valence-corrected chi connectivity index (χ1v) is 12.7. The second-order valence-corrected chi connectivity index (χ2v) is 10.1. The molecule has 1 spiro atoms. The minimum absolute atomic E-state index is 0.112. The lowest BCUT2D eigenvalue weighted by molar-refractivity contribution is 0.0668. The highest BCUT2D eigenvalue weighted by molar-refractivity contribution is 5.50. The van der Waals surface area contributed by atoms with E-state index >= 15 is 0 Å². The van der Waals surface area contributed by atoms with E-state index in [4.69, 9.17) is 0 Å². The Kier molecular flexibility index (Phi) is 8.51. The molecule has 2 heterocycles. The molecule has 4 nitrogen and oxygen atoms in total. The molecule has 1 aromatic rings. The van der Waals surface area contributed by atoms with E-state index in [1.54, 1.807) is 0 Å². The maximum Gasteiger partial charge on any atom is 0.146 e. The van der Waals surface area contributed by atoms with Gasteiger partial charge in [-0.25, -0.2) is 4.39 Å². The van der Waals surface area contributed by atoms with Gasteiger partial charge in [0.05, 0.1) is 11.5 Å². The molecule has 1 aromatic carbocycles. The molecule has 0 radical (unpaired) electrons. The van der Waals surface area contributed by atoms with Crippen molar-refractivity contribution in [1.82, 2.24) is 15.1 Å². The van der Waals surface area contributed by atoms with Gasteiger partial charge in [0.1, 0.15) is 5.82 Å². The van der Waals surface area contributed by atoms with Crippen molar-refractivity contribution >= 4 is 5.69 Å². The number of halogens is 1. The monoisotopic (exact) mass is 466 g/mol. The summed E-state index contributed by atoms with van der Waals surface area (Å²) in [4.78, 5) is 4.85. The van der Waals surface area contributed by atoms with Gasteiger partial charge < -0.3 is 20.4 Å². The summed E-state index contributed by atoms with van der Waals surface area (Å²) < 4.78 is 14.0. The van der Waals surface area contributed by atoms with Crippen LogP contribution in [-0.2, 0) is 6.54 Å². The molecule has 0 aromatic heterocycles. The average molecular weight is 467 g/mol. The molecule has 2 fully saturated rings. The Bertz CT molecular complexity index is 951. The third-order valence-electron chi connectivity index (χ3n) is 7.21. The van der Waals surface area contributed by atoms with Crippen molar-refractivity contribution in [2.45, 2.75) is 65.5 Å². The minimum Gasteiger partial charge on any atom is -0.383 e. The molecule has 2 N–H and O–H groups in total. The van der Waals surface area contributed by atoms with E-state index in [2.05, 4.69) is 80.5 Å². The Balaban J connectivity index is 1.60. The highest BCUT2D eigenvalue weighted by atomic mass is 19.1. The average Bonchev–Trinajstić information content (AvgIpc) is 2.81. The van der Waals surface area contributed by atoms with Crippen LogP contribution in [0.25, 0.3) is 0 Å². The molecular formula is C29H43FN4. The Morgan fingerprint density at radius 3 is 2.59 bits per heavy atom. The van der Waals surface area contributed by atoms with E-state index < -0.39 is 0 Å².